The Labute approximate surface area is 67.8 Å². The molecule has 0 amide bonds. The molecule has 66 valence electrons. The van der Waals surface area contributed by atoms with Crippen molar-refractivity contribution < 1.29 is 9.90 Å². The number of carboxylic acids is 1. The highest BCUT2D eigenvalue weighted by Crippen LogP contribution is 2.10. The van der Waals surface area contributed by atoms with Gasteiger partial charge in [0.25, 0.3) is 0 Å². The van der Waals surface area contributed by atoms with E-state index in [1.54, 1.807) is 6.92 Å². The van der Waals surface area contributed by atoms with E-state index in [2.05, 4.69) is 26.1 Å². The molecule has 0 unspecified atom stereocenters. The lowest BCUT2D eigenvalue weighted by atomic mass is 9.97. The van der Waals surface area contributed by atoms with Gasteiger partial charge >= 0.3 is 5.97 Å². The van der Waals surface area contributed by atoms with Gasteiger partial charge in [0.15, 0.2) is 0 Å². The van der Waals surface area contributed by atoms with Crippen molar-refractivity contribution in [3.63, 3.8) is 0 Å². The number of rotatable bonds is 3. The summed E-state index contributed by atoms with van der Waals surface area (Å²) >= 11 is 0. The lowest BCUT2D eigenvalue weighted by Crippen LogP contribution is -2.38. The van der Waals surface area contributed by atoms with E-state index in [0.29, 0.717) is 0 Å². The van der Waals surface area contributed by atoms with Crippen LogP contribution in [0, 0.1) is 5.41 Å². The number of carboxylic acid groups (broad SMARTS) is 1. The zero-order valence-corrected chi connectivity index (χ0v) is 7.64. The summed E-state index contributed by atoms with van der Waals surface area (Å²) in [6.45, 7) is 8.56. The molecule has 0 rings (SSSR count). The molecule has 0 aromatic carbocycles. The number of aliphatic carboxylic acids is 1. The molecule has 2 N–H and O–H groups in total. The maximum atomic E-state index is 10.4. The molecule has 0 saturated heterocycles. The van der Waals surface area contributed by atoms with Gasteiger partial charge in [-0.2, -0.15) is 0 Å². The van der Waals surface area contributed by atoms with E-state index in [1.165, 1.54) is 0 Å². The third-order valence-corrected chi connectivity index (χ3v) is 1.31. The van der Waals surface area contributed by atoms with E-state index in [9.17, 15) is 4.79 Å². The maximum absolute atomic E-state index is 10.4. The number of hydrogen-bond acceptors (Lipinski definition) is 2. The van der Waals surface area contributed by atoms with Crippen molar-refractivity contribution in [1.29, 1.82) is 0 Å². The molecule has 3 nitrogen and oxygen atoms in total. The van der Waals surface area contributed by atoms with Crippen LogP contribution in [-0.2, 0) is 4.79 Å². The maximum Gasteiger partial charge on any atom is 0.320 e. The molecular weight excluding hydrogens is 142 g/mol. The topological polar surface area (TPSA) is 49.3 Å². The molecule has 0 aromatic rings. The predicted molar refractivity (Wildman–Crippen MR) is 44.6 cm³/mol. The summed E-state index contributed by atoms with van der Waals surface area (Å²) in [5.41, 5.74) is 0.143. The van der Waals surface area contributed by atoms with E-state index in [4.69, 9.17) is 5.11 Å². The van der Waals surface area contributed by atoms with Crippen molar-refractivity contribution in [3.8, 4) is 0 Å². The van der Waals surface area contributed by atoms with Crippen molar-refractivity contribution in [1.82, 2.24) is 5.32 Å². The van der Waals surface area contributed by atoms with E-state index in [-0.39, 0.29) is 5.41 Å². The zero-order chi connectivity index (χ0) is 9.07. The third-order valence-electron chi connectivity index (χ3n) is 1.31. The van der Waals surface area contributed by atoms with E-state index >= 15 is 0 Å². The Bertz CT molecular complexity index is 138. The summed E-state index contributed by atoms with van der Waals surface area (Å²) in [6.07, 6.45) is 0. The van der Waals surface area contributed by atoms with Gasteiger partial charge in [-0.05, 0) is 12.3 Å². The molecule has 11 heavy (non-hydrogen) atoms. The summed E-state index contributed by atoms with van der Waals surface area (Å²) in [4.78, 5) is 10.4. The van der Waals surface area contributed by atoms with Crippen LogP contribution >= 0.6 is 0 Å². The first kappa shape index (κ1) is 10.4. The summed E-state index contributed by atoms with van der Waals surface area (Å²) in [5.74, 6) is -0.797. The Morgan fingerprint density at radius 3 is 2.27 bits per heavy atom. The summed E-state index contributed by atoms with van der Waals surface area (Å²) in [5, 5.41) is 11.4. The van der Waals surface area contributed by atoms with Crippen molar-refractivity contribution >= 4 is 5.97 Å². The van der Waals surface area contributed by atoms with Crippen LogP contribution in [0.25, 0.3) is 0 Å². The lowest BCUT2D eigenvalue weighted by molar-refractivity contribution is -0.139. The standard InChI is InChI=1S/C8H17NO2/c1-6(7(10)11)9-5-8(2,3)4/h6,9H,5H2,1-4H3,(H,10,11)/t6-/m1/s1. The van der Waals surface area contributed by atoms with Gasteiger partial charge in [0, 0.05) is 6.54 Å². The van der Waals surface area contributed by atoms with Crippen LogP contribution in [0.5, 0.6) is 0 Å². The van der Waals surface area contributed by atoms with Crippen LogP contribution in [-0.4, -0.2) is 23.7 Å². The van der Waals surface area contributed by atoms with Gasteiger partial charge < -0.3 is 10.4 Å². The Morgan fingerprint density at radius 1 is 1.55 bits per heavy atom. The zero-order valence-electron chi connectivity index (χ0n) is 7.64. The molecule has 0 fully saturated rings. The molecule has 0 bridgehead atoms. The number of carbonyl (C=O) groups is 1. The van der Waals surface area contributed by atoms with Crippen molar-refractivity contribution in [2.24, 2.45) is 5.41 Å². The van der Waals surface area contributed by atoms with Crippen LogP contribution in [0.15, 0.2) is 0 Å². The number of nitrogens with one attached hydrogen (secondary N) is 1. The van der Waals surface area contributed by atoms with Gasteiger partial charge in [0.05, 0.1) is 0 Å². The Hall–Kier alpha value is -0.570. The average molecular weight is 159 g/mol. The molecular formula is C8H17NO2. The van der Waals surface area contributed by atoms with E-state index in [1.807, 2.05) is 0 Å². The highest BCUT2D eigenvalue weighted by Gasteiger charge is 2.14. The van der Waals surface area contributed by atoms with Crippen molar-refractivity contribution in [2.75, 3.05) is 6.54 Å². The monoisotopic (exact) mass is 159 g/mol. The van der Waals surface area contributed by atoms with Crippen LogP contribution in [0.1, 0.15) is 27.7 Å². The molecule has 0 aromatic heterocycles. The van der Waals surface area contributed by atoms with E-state index in [0.717, 1.165) is 6.54 Å². The average Bonchev–Trinajstić information content (AvgIpc) is 1.80. The van der Waals surface area contributed by atoms with Gasteiger partial charge in [0.1, 0.15) is 6.04 Å². The minimum absolute atomic E-state index is 0.143. The molecule has 0 aliphatic heterocycles. The normalized spacial score (nSPS) is 14.5. The summed E-state index contributed by atoms with van der Waals surface area (Å²) < 4.78 is 0. The predicted octanol–water partition coefficient (Wildman–Crippen LogP) is 1.10. The third kappa shape index (κ3) is 5.85. The fraction of sp³-hybridized carbons (Fsp3) is 0.875. The molecule has 0 spiro atoms. The quantitative estimate of drug-likeness (QED) is 0.648. The minimum Gasteiger partial charge on any atom is -0.480 e. The second-order valence-corrected chi connectivity index (χ2v) is 4.00. The van der Waals surface area contributed by atoms with Crippen LogP contribution in [0.3, 0.4) is 0 Å². The summed E-state index contributed by atoms with van der Waals surface area (Å²) in [7, 11) is 0. The van der Waals surface area contributed by atoms with E-state index < -0.39 is 12.0 Å². The van der Waals surface area contributed by atoms with Gasteiger partial charge in [-0.1, -0.05) is 20.8 Å². The van der Waals surface area contributed by atoms with Crippen LogP contribution in [0.2, 0.25) is 0 Å². The smallest absolute Gasteiger partial charge is 0.320 e. The molecule has 0 aliphatic rings. The molecule has 0 aliphatic carbocycles. The Kier molecular flexibility index (Phi) is 3.52. The molecule has 3 heteroatoms. The fourth-order valence-corrected chi connectivity index (χ4v) is 0.547. The first-order chi connectivity index (χ1) is 4.83. The largest absolute Gasteiger partial charge is 0.480 e. The first-order valence-corrected chi connectivity index (χ1v) is 3.79. The fourth-order valence-electron chi connectivity index (χ4n) is 0.547. The first-order valence-electron chi connectivity index (χ1n) is 3.79. The molecule has 1 atom stereocenters. The van der Waals surface area contributed by atoms with Crippen LogP contribution in [0.4, 0.5) is 0 Å². The van der Waals surface area contributed by atoms with Gasteiger partial charge in [0.2, 0.25) is 0 Å². The molecule has 0 saturated carbocycles. The van der Waals surface area contributed by atoms with Gasteiger partial charge in [-0.3, -0.25) is 4.79 Å². The SMILES string of the molecule is C[C@@H](NCC(C)(C)C)C(=O)O. The summed E-state index contributed by atoms with van der Waals surface area (Å²) in [6, 6.07) is -0.450. The van der Waals surface area contributed by atoms with Gasteiger partial charge in [-0.25, -0.2) is 0 Å². The van der Waals surface area contributed by atoms with Crippen molar-refractivity contribution in [2.45, 2.75) is 33.7 Å². The Balaban J connectivity index is 3.63. The lowest BCUT2D eigenvalue weighted by Gasteiger charge is -2.20. The second kappa shape index (κ2) is 3.72. The second-order valence-electron chi connectivity index (χ2n) is 4.00. The number of hydrogen-bond donors (Lipinski definition) is 2. The van der Waals surface area contributed by atoms with Crippen LogP contribution < -0.4 is 5.32 Å². The van der Waals surface area contributed by atoms with Crippen molar-refractivity contribution in [3.05, 3.63) is 0 Å². The Morgan fingerprint density at radius 2 is 2.00 bits per heavy atom. The van der Waals surface area contributed by atoms with Gasteiger partial charge in [-0.15, -0.1) is 0 Å². The molecule has 0 heterocycles. The molecule has 0 radical (unpaired) electrons. The highest BCUT2D eigenvalue weighted by atomic mass is 16.4. The highest BCUT2D eigenvalue weighted by molar-refractivity contribution is 5.72. The minimum atomic E-state index is -0.797.